The van der Waals surface area contributed by atoms with Gasteiger partial charge in [-0.15, -0.1) is 36.2 Å². The van der Waals surface area contributed by atoms with Gasteiger partial charge in [0.15, 0.2) is 0 Å². The summed E-state index contributed by atoms with van der Waals surface area (Å²) in [6.07, 6.45) is 2.35. The first-order valence-corrected chi connectivity index (χ1v) is 8.26. The fraction of sp³-hybridized carbons (Fsp3) is 0.375. The van der Waals surface area contributed by atoms with E-state index in [-0.39, 0.29) is 42.6 Å². The summed E-state index contributed by atoms with van der Waals surface area (Å²) in [7, 11) is 0. The van der Waals surface area contributed by atoms with Gasteiger partial charge in [0, 0.05) is 30.9 Å². The van der Waals surface area contributed by atoms with E-state index < -0.39 is 0 Å². The third kappa shape index (κ3) is 4.45. The number of carbonyl (C=O) groups is 1. The molecule has 1 aliphatic rings. The molecule has 132 valence electrons. The molecule has 2 N–H and O–H groups in total. The summed E-state index contributed by atoms with van der Waals surface area (Å²) in [4.78, 5) is 18.7. The molecule has 0 spiro atoms. The van der Waals surface area contributed by atoms with E-state index in [0.717, 1.165) is 24.4 Å². The van der Waals surface area contributed by atoms with Crippen molar-refractivity contribution in [2.24, 2.45) is 5.73 Å². The van der Waals surface area contributed by atoms with Crippen LogP contribution in [0.2, 0.25) is 0 Å². The molecular formula is C16H20Cl2FN3OS. The highest BCUT2D eigenvalue weighted by molar-refractivity contribution is 7.09. The van der Waals surface area contributed by atoms with Gasteiger partial charge in [0.05, 0.1) is 5.01 Å². The Hall–Kier alpha value is -1.21. The number of carbonyl (C=O) groups excluding carboxylic acids is 1. The highest BCUT2D eigenvalue weighted by Gasteiger charge is 2.29. The Morgan fingerprint density at radius 2 is 2.12 bits per heavy atom. The van der Waals surface area contributed by atoms with Crippen molar-refractivity contribution in [2.45, 2.75) is 25.3 Å². The topological polar surface area (TPSA) is 59.2 Å². The average Bonchev–Trinajstić information content (AvgIpc) is 3.17. The van der Waals surface area contributed by atoms with Gasteiger partial charge in [0.1, 0.15) is 11.5 Å². The molecule has 2 aromatic rings. The van der Waals surface area contributed by atoms with Gasteiger partial charge >= 0.3 is 0 Å². The van der Waals surface area contributed by atoms with Crippen LogP contribution in [0.15, 0.2) is 29.6 Å². The first-order valence-electron chi connectivity index (χ1n) is 7.38. The van der Waals surface area contributed by atoms with Crippen LogP contribution in [0.3, 0.4) is 0 Å². The van der Waals surface area contributed by atoms with Crippen LogP contribution >= 0.6 is 36.2 Å². The number of amides is 1. The second kappa shape index (κ2) is 9.32. The molecule has 1 aromatic carbocycles. The highest BCUT2D eigenvalue weighted by atomic mass is 35.5. The Bertz CT molecular complexity index is 683. The molecule has 1 saturated heterocycles. The maximum Gasteiger partial charge on any atom is 0.273 e. The van der Waals surface area contributed by atoms with Crippen LogP contribution in [0.5, 0.6) is 0 Å². The summed E-state index contributed by atoms with van der Waals surface area (Å²) in [6, 6.07) is 6.75. The Kier molecular flexibility index (Phi) is 8.09. The zero-order chi connectivity index (χ0) is 15.5. The summed E-state index contributed by atoms with van der Waals surface area (Å²) in [5, 5.41) is 2.50. The maximum atomic E-state index is 13.7. The van der Waals surface area contributed by atoms with E-state index in [1.54, 1.807) is 23.6 Å². The quantitative estimate of drug-likeness (QED) is 0.869. The van der Waals surface area contributed by atoms with Gasteiger partial charge in [-0.1, -0.05) is 18.2 Å². The lowest BCUT2D eigenvalue weighted by atomic mass is 10.1. The van der Waals surface area contributed by atoms with Gasteiger partial charge in [-0.2, -0.15) is 0 Å². The van der Waals surface area contributed by atoms with Crippen molar-refractivity contribution >= 4 is 42.1 Å². The minimum atomic E-state index is -0.242. The van der Waals surface area contributed by atoms with Crippen LogP contribution in [0.4, 0.5) is 4.39 Å². The number of aromatic nitrogens is 1. The Labute approximate surface area is 157 Å². The van der Waals surface area contributed by atoms with Crippen LogP contribution in [0.25, 0.3) is 0 Å². The zero-order valence-corrected chi connectivity index (χ0v) is 15.4. The summed E-state index contributed by atoms with van der Waals surface area (Å²) in [5.41, 5.74) is 6.75. The summed E-state index contributed by atoms with van der Waals surface area (Å²) in [5.74, 6) is -0.308. The minimum Gasteiger partial charge on any atom is -0.333 e. The smallest absolute Gasteiger partial charge is 0.273 e. The number of nitrogens with zero attached hydrogens (tertiary/aromatic N) is 2. The molecule has 8 heteroatoms. The van der Waals surface area contributed by atoms with E-state index in [4.69, 9.17) is 5.73 Å². The molecule has 1 fully saturated rings. The number of rotatable bonds is 4. The van der Waals surface area contributed by atoms with Crippen LogP contribution < -0.4 is 5.73 Å². The summed E-state index contributed by atoms with van der Waals surface area (Å²) < 4.78 is 13.7. The molecule has 24 heavy (non-hydrogen) atoms. The molecule has 1 aromatic heterocycles. The van der Waals surface area contributed by atoms with E-state index in [2.05, 4.69) is 4.98 Å². The second-order valence-corrected chi connectivity index (χ2v) is 6.37. The standard InChI is InChI=1S/C16H18FN3OS.2ClH/c17-13-6-2-1-4-11(13)8-15-19-14(10-22-15)16(21)20-7-3-5-12(20)9-18;;/h1-2,4,6,10,12H,3,5,7-9,18H2;2*1H. The maximum absolute atomic E-state index is 13.7. The van der Waals surface area contributed by atoms with Gasteiger partial charge in [-0.05, 0) is 24.5 Å². The average molecular weight is 392 g/mol. The van der Waals surface area contributed by atoms with E-state index in [9.17, 15) is 9.18 Å². The number of benzene rings is 1. The number of thiazole rings is 1. The van der Waals surface area contributed by atoms with Crippen molar-refractivity contribution in [2.75, 3.05) is 13.1 Å². The van der Waals surface area contributed by atoms with Crippen molar-refractivity contribution in [3.8, 4) is 0 Å². The predicted molar refractivity (Wildman–Crippen MR) is 98.9 cm³/mol. The normalized spacial score (nSPS) is 16.4. The first-order chi connectivity index (χ1) is 10.7. The molecule has 4 nitrogen and oxygen atoms in total. The van der Waals surface area contributed by atoms with E-state index in [1.807, 2.05) is 4.90 Å². The third-order valence-electron chi connectivity index (χ3n) is 3.98. The van der Waals surface area contributed by atoms with Gasteiger partial charge in [-0.3, -0.25) is 4.79 Å². The van der Waals surface area contributed by atoms with Crippen LogP contribution in [0, 0.1) is 5.82 Å². The lowest BCUT2D eigenvalue weighted by molar-refractivity contribution is 0.0736. The molecule has 0 aliphatic carbocycles. The van der Waals surface area contributed by atoms with E-state index in [1.165, 1.54) is 17.4 Å². The number of likely N-dealkylation sites (tertiary alicyclic amines) is 1. The second-order valence-electron chi connectivity index (χ2n) is 5.42. The Morgan fingerprint density at radius 1 is 1.38 bits per heavy atom. The molecule has 1 aliphatic heterocycles. The highest BCUT2D eigenvalue weighted by Crippen LogP contribution is 2.22. The van der Waals surface area contributed by atoms with Gasteiger partial charge in [0.25, 0.3) is 5.91 Å². The third-order valence-corrected chi connectivity index (χ3v) is 4.83. The van der Waals surface area contributed by atoms with Crippen molar-refractivity contribution in [1.29, 1.82) is 0 Å². The lowest BCUT2D eigenvalue weighted by Crippen LogP contribution is -2.40. The molecule has 0 radical (unpaired) electrons. The molecule has 1 unspecified atom stereocenters. The first kappa shape index (κ1) is 20.8. The monoisotopic (exact) mass is 391 g/mol. The molecular weight excluding hydrogens is 372 g/mol. The zero-order valence-electron chi connectivity index (χ0n) is 13.0. The number of hydrogen-bond acceptors (Lipinski definition) is 4. The van der Waals surface area contributed by atoms with Crippen molar-refractivity contribution < 1.29 is 9.18 Å². The number of hydrogen-bond donors (Lipinski definition) is 1. The summed E-state index contributed by atoms with van der Waals surface area (Å²) >= 11 is 1.39. The fourth-order valence-corrected chi connectivity index (χ4v) is 3.58. The molecule has 2 heterocycles. The van der Waals surface area contributed by atoms with Gasteiger partial charge < -0.3 is 10.6 Å². The van der Waals surface area contributed by atoms with Crippen molar-refractivity contribution in [3.63, 3.8) is 0 Å². The fourth-order valence-electron chi connectivity index (χ4n) is 2.79. The number of nitrogens with two attached hydrogens (primary N) is 1. The van der Waals surface area contributed by atoms with Gasteiger partial charge in [0.2, 0.25) is 0 Å². The molecule has 1 amide bonds. The minimum absolute atomic E-state index is 0. The van der Waals surface area contributed by atoms with Crippen LogP contribution in [-0.4, -0.2) is 34.9 Å². The molecule has 3 rings (SSSR count). The SMILES string of the molecule is Cl.Cl.NCC1CCCN1C(=O)c1csc(Cc2ccccc2F)n1. The van der Waals surface area contributed by atoms with Crippen molar-refractivity contribution in [1.82, 2.24) is 9.88 Å². The Balaban J connectivity index is 0.00000144. The van der Waals surface area contributed by atoms with Crippen LogP contribution in [-0.2, 0) is 6.42 Å². The Morgan fingerprint density at radius 3 is 2.83 bits per heavy atom. The largest absolute Gasteiger partial charge is 0.333 e. The summed E-state index contributed by atoms with van der Waals surface area (Å²) in [6.45, 7) is 1.22. The molecule has 0 saturated carbocycles. The molecule has 0 bridgehead atoms. The van der Waals surface area contributed by atoms with E-state index >= 15 is 0 Å². The van der Waals surface area contributed by atoms with Gasteiger partial charge in [-0.25, -0.2) is 9.37 Å². The number of halogens is 3. The van der Waals surface area contributed by atoms with E-state index in [0.29, 0.717) is 24.2 Å². The lowest BCUT2D eigenvalue weighted by Gasteiger charge is -2.22. The predicted octanol–water partition coefficient (Wildman–Crippen LogP) is 3.28. The van der Waals surface area contributed by atoms with Crippen LogP contribution in [0.1, 0.15) is 33.9 Å². The van der Waals surface area contributed by atoms with Crippen molar-refractivity contribution in [3.05, 3.63) is 51.7 Å². The molecule has 1 atom stereocenters.